The summed E-state index contributed by atoms with van der Waals surface area (Å²) in [5.41, 5.74) is 3.73. The molecule has 0 atom stereocenters. The Morgan fingerprint density at radius 3 is 2.79 bits per heavy atom. The largest absolute Gasteiger partial charge is 0.445 e. The first-order valence-electron chi connectivity index (χ1n) is 7.81. The second-order valence-corrected chi connectivity index (χ2v) is 5.36. The molecule has 0 radical (unpaired) electrons. The molecule has 0 aliphatic heterocycles. The van der Waals surface area contributed by atoms with Crippen molar-refractivity contribution in [2.24, 2.45) is 0 Å². The number of rotatable bonds is 6. The van der Waals surface area contributed by atoms with E-state index in [2.05, 4.69) is 11.4 Å². The first-order valence-corrected chi connectivity index (χ1v) is 7.81. The van der Waals surface area contributed by atoms with Gasteiger partial charge in [-0.05, 0) is 42.2 Å². The summed E-state index contributed by atoms with van der Waals surface area (Å²) < 4.78 is 5.13. The third-order valence-electron chi connectivity index (χ3n) is 3.50. The molecule has 1 N–H and O–H groups in total. The molecule has 0 aromatic heterocycles. The smallest absolute Gasteiger partial charge is 0.407 e. The zero-order valence-electron chi connectivity index (χ0n) is 13.7. The molecule has 0 saturated heterocycles. The van der Waals surface area contributed by atoms with Gasteiger partial charge in [0.2, 0.25) is 0 Å². The number of alkyl carbamates (subject to hydrolysis) is 1. The monoisotopic (exact) mass is 320 g/mol. The fraction of sp³-hybridized carbons (Fsp3) is 0.200. The Morgan fingerprint density at radius 2 is 2.04 bits per heavy atom. The summed E-state index contributed by atoms with van der Waals surface area (Å²) >= 11 is 0. The highest BCUT2D eigenvalue weighted by molar-refractivity contribution is 5.67. The van der Waals surface area contributed by atoms with Crippen molar-refractivity contribution in [3.63, 3.8) is 0 Å². The second-order valence-electron chi connectivity index (χ2n) is 5.36. The predicted molar refractivity (Wildman–Crippen MR) is 94.2 cm³/mol. The Bertz CT molecular complexity index is 746. The fourth-order valence-corrected chi connectivity index (χ4v) is 2.13. The number of nitrogens with one attached hydrogen (secondary N) is 1. The maximum atomic E-state index is 11.6. The van der Waals surface area contributed by atoms with Gasteiger partial charge >= 0.3 is 6.09 Å². The van der Waals surface area contributed by atoms with Crippen LogP contribution < -0.4 is 5.32 Å². The number of nitrogens with zero attached hydrogens (tertiary/aromatic N) is 1. The van der Waals surface area contributed by atoms with Gasteiger partial charge in [-0.3, -0.25) is 0 Å². The fourth-order valence-electron chi connectivity index (χ4n) is 2.13. The highest BCUT2D eigenvalue weighted by Crippen LogP contribution is 2.12. The van der Waals surface area contributed by atoms with E-state index in [1.54, 1.807) is 6.07 Å². The van der Waals surface area contributed by atoms with Crippen LogP contribution in [-0.4, -0.2) is 12.6 Å². The van der Waals surface area contributed by atoms with Crippen LogP contribution in [-0.2, 0) is 11.3 Å². The molecule has 0 unspecified atom stereocenters. The van der Waals surface area contributed by atoms with Crippen molar-refractivity contribution >= 4 is 12.2 Å². The number of aryl methyl sites for hydroxylation is 1. The molecule has 0 aliphatic carbocycles. The van der Waals surface area contributed by atoms with Gasteiger partial charge in [0.25, 0.3) is 0 Å². The lowest BCUT2D eigenvalue weighted by Crippen LogP contribution is -2.24. The Hall–Kier alpha value is -3.06. The summed E-state index contributed by atoms with van der Waals surface area (Å²) in [6, 6.07) is 17.3. The number of nitriles is 1. The molecule has 0 saturated carbocycles. The molecule has 2 aromatic rings. The summed E-state index contributed by atoms with van der Waals surface area (Å²) in [7, 11) is 0. The van der Waals surface area contributed by atoms with Crippen LogP contribution >= 0.6 is 0 Å². The van der Waals surface area contributed by atoms with Crippen LogP contribution in [0, 0.1) is 18.3 Å². The number of hydrogen-bond acceptors (Lipinski definition) is 3. The summed E-state index contributed by atoms with van der Waals surface area (Å²) in [6.07, 6.45) is 4.21. The lowest BCUT2D eigenvalue weighted by atomic mass is 10.0. The number of ether oxygens (including phenoxy) is 1. The molecule has 0 spiro atoms. The lowest BCUT2D eigenvalue weighted by Gasteiger charge is -2.06. The highest BCUT2D eigenvalue weighted by Gasteiger charge is 2.01. The first kappa shape index (κ1) is 17.3. The van der Waals surface area contributed by atoms with Crippen molar-refractivity contribution < 1.29 is 9.53 Å². The van der Waals surface area contributed by atoms with Crippen molar-refractivity contribution in [2.45, 2.75) is 20.0 Å². The van der Waals surface area contributed by atoms with Crippen LogP contribution in [0.3, 0.4) is 0 Å². The van der Waals surface area contributed by atoms with Crippen LogP contribution in [0.25, 0.3) is 6.08 Å². The zero-order valence-corrected chi connectivity index (χ0v) is 13.7. The minimum absolute atomic E-state index is 0.267. The van der Waals surface area contributed by atoms with E-state index in [4.69, 9.17) is 10.00 Å². The van der Waals surface area contributed by atoms with Gasteiger partial charge in [-0.25, -0.2) is 4.79 Å². The Balaban J connectivity index is 1.71. The van der Waals surface area contributed by atoms with Crippen LogP contribution in [0.1, 0.15) is 28.7 Å². The average molecular weight is 320 g/mol. The normalized spacial score (nSPS) is 10.3. The standard InChI is InChI=1S/C20H20N2O2/c1-16-10-11-18(14-21)13-19(16)9-5-6-12-22-20(23)24-15-17-7-3-2-4-8-17/h2-5,7-11,13H,6,12,15H2,1H3,(H,22,23). The van der Waals surface area contributed by atoms with Crippen molar-refractivity contribution in [2.75, 3.05) is 6.54 Å². The van der Waals surface area contributed by atoms with E-state index in [1.807, 2.05) is 61.5 Å². The quantitative estimate of drug-likeness (QED) is 0.812. The zero-order chi connectivity index (χ0) is 17.2. The molecule has 4 heteroatoms. The molecule has 0 aliphatic rings. The number of carbonyl (C=O) groups excluding carboxylic acids is 1. The van der Waals surface area contributed by atoms with E-state index in [1.165, 1.54) is 0 Å². The van der Waals surface area contributed by atoms with Gasteiger partial charge < -0.3 is 10.1 Å². The molecule has 0 heterocycles. The van der Waals surface area contributed by atoms with Gasteiger partial charge in [-0.1, -0.05) is 48.6 Å². The summed E-state index contributed by atoms with van der Waals surface area (Å²) in [5, 5.41) is 11.6. The molecule has 4 nitrogen and oxygen atoms in total. The van der Waals surface area contributed by atoms with Crippen molar-refractivity contribution in [3.05, 3.63) is 76.9 Å². The van der Waals surface area contributed by atoms with E-state index in [9.17, 15) is 4.79 Å². The van der Waals surface area contributed by atoms with Gasteiger partial charge in [-0.2, -0.15) is 5.26 Å². The summed E-state index contributed by atoms with van der Waals surface area (Å²) in [4.78, 5) is 11.6. The first-order chi connectivity index (χ1) is 11.7. The van der Waals surface area contributed by atoms with Crippen LogP contribution in [0.2, 0.25) is 0 Å². The molecule has 0 bridgehead atoms. The van der Waals surface area contributed by atoms with E-state index < -0.39 is 6.09 Å². The van der Waals surface area contributed by atoms with E-state index in [-0.39, 0.29) is 6.61 Å². The highest BCUT2D eigenvalue weighted by atomic mass is 16.5. The maximum absolute atomic E-state index is 11.6. The Labute approximate surface area is 142 Å². The van der Waals surface area contributed by atoms with Gasteiger partial charge in [0.05, 0.1) is 11.6 Å². The minimum atomic E-state index is -0.421. The SMILES string of the molecule is Cc1ccc(C#N)cc1C=CCCNC(=O)OCc1ccccc1. The van der Waals surface area contributed by atoms with Crippen molar-refractivity contribution in [1.29, 1.82) is 5.26 Å². The van der Waals surface area contributed by atoms with E-state index in [0.717, 1.165) is 16.7 Å². The van der Waals surface area contributed by atoms with Crippen LogP contribution in [0.15, 0.2) is 54.6 Å². The molecular formula is C20H20N2O2. The van der Waals surface area contributed by atoms with Gasteiger partial charge in [0, 0.05) is 6.54 Å². The van der Waals surface area contributed by atoms with Crippen LogP contribution in [0.4, 0.5) is 4.79 Å². The maximum Gasteiger partial charge on any atom is 0.407 e. The van der Waals surface area contributed by atoms with Crippen molar-refractivity contribution in [1.82, 2.24) is 5.32 Å². The number of amides is 1. The number of hydrogen-bond donors (Lipinski definition) is 1. The lowest BCUT2D eigenvalue weighted by molar-refractivity contribution is 0.140. The second kappa shape index (κ2) is 9.16. The molecule has 2 aromatic carbocycles. The predicted octanol–water partition coefficient (Wildman–Crippen LogP) is 4.20. The van der Waals surface area contributed by atoms with E-state index >= 15 is 0 Å². The van der Waals surface area contributed by atoms with Crippen LogP contribution in [0.5, 0.6) is 0 Å². The molecule has 122 valence electrons. The number of benzene rings is 2. The molecule has 24 heavy (non-hydrogen) atoms. The van der Waals surface area contributed by atoms with Gasteiger partial charge in [0.1, 0.15) is 6.61 Å². The topological polar surface area (TPSA) is 62.1 Å². The molecular weight excluding hydrogens is 300 g/mol. The van der Waals surface area contributed by atoms with Gasteiger partial charge in [-0.15, -0.1) is 0 Å². The average Bonchev–Trinajstić information content (AvgIpc) is 2.62. The molecule has 1 amide bonds. The Kier molecular flexibility index (Phi) is 6.60. The molecule has 2 rings (SSSR count). The summed E-state index contributed by atoms with van der Waals surface area (Å²) in [5.74, 6) is 0. The minimum Gasteiger partial charge on any atom is -0.445 e. The summed E-state index contributed by atoms with van der Waals surface area (Å²) in [6.45, 7) is 2.77. The number of carbonyl (C=O) groups is 1. The third kappa shape index (κ3) is 5.62. The Morgan fingerprint density at radius 1 is 1.25 bits per heavy atom. The third-order valence-corrected chi connectivity index (χ3v) is 3.50. The molecule has 0 fully saturated rings. The van der Waals surface area contributed by atoms with Crippen molar-refractivity contribution in [3.8, 4) is 6.07 Å². The van der Waals surface area contributed by atoms with Gasteiger partial charge in [0.15, 0.2) is 0 Å². The van der Waals surface area contributed by atoms with E-state index in [0.29, 0.717) is 18.5 Å².